The first kappa shape index (κ1) is 19.3. The number of hydrogen-bond acceptors (Lipinski definition) is 6. The SMILES string of the molecule is COC(=O)CC(OC(=O)/C=C/c1ccc(O)c(O)c1)c1ccc(Cl)cc1. The van der Waals surface area contributed by atoms with Crippen molar-refractivity contribution in [2.45, 2.75) is 12.5 Å². The van der Waals surface area contributed by atoms with Gasteiger partial charge in [0.15, 0.2) is 11.5 Å². The third-order valence-corrected chi connectivity index (χ3v) is 3.74. The van der Waals surface area contributed by atoms with Crippen molar-refractivity contribution in [2.24, 2.45) is 0 Å². The van der Waals surface area contributed by atoms with E-state index < -0.39 is 18.0 Å². The second kappa shape index (κ2) is 8.92. The molecule has 0 aliphatic carbocycles. The van der Waals surface area contributed by atoms with E-state index in [9.17, 15) is 19.8 Å². The molecule has 2 rings (SSSR count). The lowest BCUT2D eigenvalue weighted by molar-refractivity contribution is -0.150. The summed E-state index contributed by atoms with van der Waals surface area (Å²) in [6, 6.07) is 10.7. The van der Waals surface area contributed by atoms with Crippen LogP contribution < -0.4 is 0 Å². The molecule has 0 bridgehead atoms. The van der Waals surface area contributed by atoms with E-state index in [-0.39, 0.29) is 17.9 Å². The molecular formula is C19H17ClO6. The average Bonchev–Trinajstić information content (AvgIpc) is 2.62. The first-order valence-corrected chi connectivity index (χ1v) is 8.00. The Morgan fingerprint density at radius 3 is 2.42 bits per heavy atom. The molecule has 1 unspecified atom stereocenters. The zero-order chi connectivity index (χ0) is 19.1. The van der Waals surface area contributed by atoms with Gasteiger partial charge in [0.2, 0.25) is 0 Å². The molecule has 2 aromatic carbocycles. The Kier molecular flexibility index (Phi) is 6.63. The summed E-state index contributed by atoms with van der Waals surface area (Å²) in [5, 5.41) is 19.2. The summed E-state index contributed by atoms with van der Waals surface area (Å²) >= 11 is 5.85. The molecular weight excluding hydrogens is 360 g/mol. The van der Waals surface area contributed by atoms with Crippen LogP contribution in [0.1, 0.15) is 23.7 Å². The maximum absolute atomic E-state index is 12.1. The summed E-state index contributed by atoms with van der Waals surface area (Å²) in [6.07, 6.45) is 1.60. The van der Waals surface area contributed by atoms with Gasteiger partial charge in [0.05, 0.1) is 13.5 Å². The third kappa shape index (κ3) is 5.53. The van der Waals surface area contributed by atoms with Gasteiger partial charge in [0.1, 0.15) is 6.10 Å². The molecule has 0 radical (unpaired) electrons. The van der Waals surface area contributed by atoms with Crippen LogP contribution in [0, 0.1) is 0 Å². The molecule has 0 heterocycles. The average molecular weight is 377 g/mol. The standard InChI is InChI=1S/C19H17ClO6/c1-25-19(24)11-17(13-4-6-14(20)7-5-13)26-18(23)9-3-12-2-8-15(21)16(22)10-12/h2-10,17,21-22H,11H2,1H3/b9-3+. The molecule has 0 saturated carbocycles. The van der Waals surface area contributed by atoms with Crippen molar-refractivity contribution in [1.82, 2.24) is 0 Å². The normalized spacial score (nSPS) is 11.9. The van der Waals surface area contributed by atoms with Crippen LogP contribution in [0.4, 0.5) is 0 Å². The molecule has 0 amide bonds. The van der Waals surface area contributed by atoms with Crippen LogP contribution in [-0.4, -0.2) is 29.3 Å². The minimum absolute atomic E-state index is 0.141. The van der Waals surface area contributed by atoms with Gasteiger partial charge in [-0.15, -0.1) is 0 Å². The van der Waals surface area contributed by atoms with Crippen LogP contribution in [0.3, 0.4) is 0 Å². The molecule has 2 aromatic rings. The Bertz CT molecular complexity index is 813. The predicted octanol–water partition coefficient (Wildman–Crippen LogP) is 3.61. The van der Waals surface area contributed by atoms with Crippen molar-refractivity contribution in [3.63, 3.8) is 0 Å². The number of phenolic OH excluding ortho intramolecular Hbond substituents is 2. The molecule has 0 spiro atoms. The molecule has 26 heavy (non-hydrogen) atoms. The Hall–Kier alpha value is -2.99. The van der Waals surface area contributed by atoms with Crippen molar-refractivity contribution >= 4 is 29.6 Å². The highest BCUT2D eigenvalue weighted by Gasteiger charge is 2.20. The Balaban J connectivity index is 2.11. The zero-order valence-electron chi connectivity index (χ0n) is 13.9. The molecule has 1 atom stereocenters. The van der Waals surface area contributed by atoms with Crippen LogP contribution in [0.2, 0.25) is 5.02 Å². The minimum atomic E-state index is -0.829. The fourth-order valence-electron chi connectivity index (χ4n) is 2.13. The first-order valence-electron chi connectivity index (χ1n) is 7.62. The number of hydrogen-bond donors (Lipinski definition) is 2. The summed E-state index contributed by atoms with van der Waals surface area (Å²) < 4.78 is 9.98. The van der Waals surface area contributed by atoms with Crippen molar-refractivity contribution in [3.8, 4) is 11.5 Å². The van der Waals surface area contributed by atoms with Gasteiger partial charge < -0.3 is 19.7 Å². The van der Waals surface area contributed by atoms with Crippen LogP contribution in [0.5, 0.6) is 11.5 Å². The summed E-state index contributed by atoms with van der Waals surface area (Å²) in [5.74, 6) is -1.76. The number of carbonyl (C=O) groups is 2. The lowest BCUT2D eigenvalue weighted by atomic mass is 10.1. The van der Waals surface area contributed by atoms with E-state index >= 15 is 0 Å². The summed E-state index contributed by atoms with van der Waals surface area (Å²) in [4.78, 5) is 23.7. The predicted molar refractivity (Wildman–Crippen MR) is 95.7 cm³/mol. The van der Waals surface area contributed by atoms with Gasteiger partial charge in [0, 0.05) is 11.1 Å². The van der Waals surface area contributed by atoms with E-state index in [1.165, 1.54) is 31.4 Å². The number of esters is 2. The molecule has 0 saturated heterocycles. The van der Waals surface area contributed by atoms with E-state index in [1.54, 1.807) is 24.3 Å². The van der Waals surface area contributed by atoms with E-state index in [0.29, 0.717) is 16.1 Å². The third-order valence-electron chi connectivity index (χ3n) is 3.49. The fraction of sp³-hybridized carbons (Fsp3) is 0.158. The molecule has 0 fully saturated rings. The van der Waals surface area contributed by atoms with Crippen LogP contribution in [0.15, 0.2) is 48.5 Å². The zero-order valence-corrected chi connectivity index (χ0v) is 14.6. The van der Waals surface area contributed by atoms with Gasteiger partial charge in [-0.05, 0) is 41.5 Å². The number of ether oxygens (including phenoxy) is 2. The largest absolute Gasteiger partial charge is 0.504 e. The minimum Gasteiger partial charge on any atom is -0.504 e. The van der Waals surface area contributed by atoms with E-state index in [4.69, 9.17) is 16.3 Å². The van der Waals surface area contributed by atoms with Gasteiger partial charge in [-0.25, -0.2) is 4.79 Å². The number of phenols is 2. The van der Waals surface area contributed by atoms with Crippen molar-refractivity contribution in [3.05, 3.63) is 64.7 Å². The number of halogens is 1. The van der Waals surface area contributed by atoms with E-state index in [1.807, 2.05) is 0 Å². The highest BCUT2D eigenvalue weighted by molar-refractivity contribution is 6.30. The molecule has 2 N–H and O–H groups in total. The smallest absolute Gasteiger partial charge is 0.331 e. The summed E-state index contributed by atoms with van der Waals surface area (Å²) in [6.45, 7) is 0. The monoisotopic (exact) mass is 376 g/mol. The fourth-order valence-corrected chi connectivity index (χ4v) is 2.25. The molecule has 0 aliphatic rings. The van der Waals surface area contributed by atoms with Crippen molar-refractivity contribution in [1.29, 1.82) is 0 Å². The van der Waals surface area contributed by atoms with E-state index in [2.05, 4.69) is 4.74 Å². The lowest BCUT2D eigenvalue weighted by Crippen LogP contribution is -2.14. The first-order chi connectivity index (χ1) is 12.4. The molecule has 0 aliphatic heterocycles. The Labute approximate surface area is 155 Å². The maximum Gasteiger partial charge on any atom is 0.331 e. The summed E-state index contributed by atoms with van der Waals surface area (Å²) in [5.41, 5.74) is 1.09. The van der Waals surface area contributed by atoms with Gasteiger partial charge in [-0.3, -0.25) is 4.79 Å². The quantitative estimate of drug-likeness (QED) is 0.454. The molecule has 136 valence electrons. The molecule has 0 aromatic heterocycles. The topological polar surface area (TPSA) is 93.1 Å². The number of rotatable bonds is 6. The number of aromatic hydroxyl groups is 2. The highest BCUT2D eigenvalue weighted by Crippen LogP contribution is 2.26. The van der Waals surface area contributed by atoms with Crippen molar-refractivity contribution < 1.29 is 29.3 Å². The highest BCUT2D eigenvalue weighted by atomic mass is 35.5. The van der Waals surface area contributed by atoms with Gasteiger partial charge >= 0.3 is 11.9 Å². The lowest BCUT2D eigenvalue weighted by Gasteiger charge is -2.16. The second-order valence-corrected chi connectivity index (χ2v) is 5.78. The van der Waals surface area contributed by atoms with Crippen LogP contribution in [0.25, 0.3) is 6.08 Å². The van der Waals surface area contributed by atoms with Gasteiger partial charge in [0.25, 0.3) is 0 Å². The number of benzene rings is 2. The second-order valence-electron chi connectivity index (χ2n) is 5.34. The Morgan fingerprint density at radius 2 is 1.81 bits per heavy atom. The van der Waals surface area contributed by atoms with Gasteiger partial charge in [-0.2, -0.15) is 0 Å². The number of carbonyl (C=O) groups excluding carboxylic acids is 2. The van der Waals surface area contributed by atoms with Crippen LogP contribution in [-0.2, 0) is 19.1 Å². The number of methoxy groups -OCH3 is 1. The Morgan fingerprint density at radius 1 is 1.12 bits per heavy atom. The maximum atomic E-state index is 12.1. The van der Waals surface area contributed by atoms with Crippen molar-refractivity contribution in [2.75, 3.05) is 7.11 Å². The molecule has 6 nitrogen and oxygen atoms in total. The van der Waals surface area contributed by atoms with Crippen LogP contribution >= 0.6 is 11.6 Å². The van der Waals surface area contributed by atoms with Gasteiger partial charge in [-0.1, -0.05) is 29.8 Å². The summed E-state index contributed by atoms with van der Waals surface area (Å²) in [7, 11) is 1.25. The molecule has 7 heteroatoms. The van der Waals surface area contributed by atoms with E-state index in [0.717, 1.165) is 6.08 Å².